The van der Waals surface area contributed by atoms with Crippen LogP contribution in [0.1, 0.15) is 23.9 Å². The Balaban J connectivity index is 1.30. The zero-order chi connectivity index (χ0) is 20.8. The van der Waals surface area contributed by atoms with Gasteiger partial charge in [-0.2, -0.15) is 0 Å². The Morgan fingerprint density at radius 1 is 1.13 bits per heavy atom. The van der Waals surface area contributed by atoms with Gasteiger partial charge in [-0.25, -0.2) is 0 Å². The first kappa shape index (κ1) is 20.3. The van der Waals surface area contributed by atoms with Gasteiger partial charge in [0.1, 0.15) is 0 Å². The predicted molar refractivity (Wildman–Crippen MR) is 117 cm³/mol. The van der Waals surface area contributed by atoms with Crippen LogP contribution in [0.2, 0.25) is 0 Å². The lowest BCUT2D eigenvalue weighted by Gasteiger charge is -2.31. The zero-order valence-electron chi connectivity index (χ0n) is 17.6. The molecule has 4 rings (SSSR count). The molecule has 1 fully saturated rings. The van der Waals surface area contributed by atoms with E-state index in [1.54, 1.807) is 7.05 Å². The SMILES string of the molecule is CN=C(NCc1cccc(CN2CCOC(C)C2)c1)NCc1nnc2ccccn12. The van der Waals surface area contributed by atoms with E-state index in [2.05, 4.69) is 61.9 Å². The predicted octanol–water partition coefficient (Wildman–Crippen LogP) is 1.82. The Morgan fingerprint density at radius 2 is 2.00 bits per heavy atom. The van der Waals surface area contributed by atoms with Crippen molar-refractivity contribution in [3.05, 3.63) is 65.6 Å². The highest BCUT2D eigenvalue weighted by Gasteiger charge is 2.16. The molecule has 2 aromatic heterocycles. The van der Waals surface area contributed by atoms with Gasteiger partial charge in [-0.3, -0.25) is 14.3 Å². The van der Waals surface area contributed by atoms with E-state index in [0.29, 0.717) is 19.2 Å². The van der Waals surface area contributed by atoms with E-state index < -0.39 is 0 Å². The molecule has 3 aromatic rings. The number of rotatable bonds is 6. The molecular formula is C22H29N7O. The topological polar surface area (TPSA) is 79.1 Å². The van der Waals surface area contributed by atoms with Crippen molar-refractivity contribution >= 4 is 11.6 Å². The Labute approximate surface area is 177 Å². The number of hydrogen-bond donors (Lipinski definition) is 2. The van der Waals surface area contributed by atoms with Crippen LogP contribution in [0.15, 0.2) is 53.7 Å². The lowest BCUT2D eigenvalue weighted by molar-refractivity contribution is -0.0212. The van der Waals surface area contributed by atoms with Crippen LogP contribution in [0.25, 0.3) is 5.65 Å². The number of pyridine rings is 1. The maximum absolute atomic E-state index is 5.64. The Morgan fingerprint density at radius 3 is 2.87 bits per heavy atom. The van der Waals surface area contributed by atoms with Crippen molar-refractivity contribution in [1.82, 2.24) is 30.1 Å². The van der Waals surface area contributed by atoms with Crippen LogP contribution in [0.3, 0.4) is 0 Å². The third-order valence-corrected chi connectivity index (χ3v) is 5.20. The van der Waals surface area contributed by atoms with E-state index in [1.165, 1.54) is 11.1 Å². The number of aromatic nitrogens is 3. The summed E-state index contributed by atoms with van der Waals surface area (Å²) in [5.41, 5.74) is 3.38. The minimum absolute atomic E-state index is 0.306. The third-order valence-electron chi connectivity index (χ3n) is 5.20. The van der Waals surface area contributed by atoms with E-state index in [-0.39, 0.29) is 0 Å². The minimum atomic E-state index is 0.306. The van der Waals surface area contributed by atoms with Gasteiger partial charge in [-0.05, 0) is 30.2 Å². The number of aliphatic imine (C=N–C) groups is 1. The summed E-state index contributed by atoms with van der Waals surface area (Å²) >= 11 is 0. The minimum Gasteiger partial charge on any atom is -0.376 e. The molecule has 0 saturated carbocycles. The standard InChI is InChI=1S/C22H29N7O/c1-17-15-28(10-11-30-17)16-19-7-5-6-18(12-19)13-24-22(23-2)25-14-21-27-26-20-8-3-4-9-29(20)21/h3-9,12,17H,10-11,13-16H2,1-2H3,(H2,23,24,25). The molecule has 0 radical (unpaired) electrons. The molecule has 1 aliphatic heterocycles. The molecule has 1 unspecified atom stereocenters. The molecule has 2 N–H and O–H groups in total. The van der Waals surface area contributed by atoms with Gasteiger partial charge in [0.05, 0.1) is 19.3 Å². The van der Waals surface area contributed by atoms with Crippen molar-refractivity contribution < 1.29 is 4.74 Å². The van der Waals surface area contributed by atoms with E-state index in [0.717, 1.165) is 43.7 Å². The molecule has 1 saturated heterocycles. The lowest BCUT2D eigenvalue weighted by atomic mass is 10.1. The van der Waals surface area contributed by atoms with Crippen molar-refractivity contribution in [1.29, 1.82) is 0 Å². The van der Waals surface area contributed by atoms with Crippen LogP contribution in [-0.4, -0.2) is 58.3 Å². The van der Waals surface area contributed by atoms with Gasteiger partial charge >= 0.3 is 0 Å². The molecule has 1 atom stereocenters. The van der Waals surface area contributed by atoms with Crippen LogP contribution in [0.5, 0.6) is 0 Å². The second-order valence-electron chi connectivity index (χ2n) is 7.56. The Bertz CT molecular complexity index is 1000. The molecule has 8 nitrogen and oxygen atoms in total. The molecule has 0 spiro atoms. The van der Waals surface area contributed by atoms with Gasteiger partial charge in [0.2, 0.25) is 0 Å². The van der Waals surface area contributed by atoms with Gasteiger partial charge in [0.15, 0.2) is 17.4 Å². The Hall–Kier alpha value is -2.97. The third kappa shape index (κ3) is 5.14. The number of nitrogens with one attached hydrogen (secondary N) is 2. The van der Waals surface area contributed by atoms with Gasteiger partial charge in [0.25, 0.3) is 0 Å². The molecule has 0 aliphatic carbocycles. The normalized spacial score (nSPS) is 17.9. The zero-order valence-corrected chi connectivity index (χ0v) is 17.6. The first-order chi connectivity index (χ1) is 14.7. The number of guanidine groups is 1. The largest absolute Gasteiger partial charge is 0.376 e. The summed E-state index contributed by atoms with van der Waals surface area (Å²) in [5.74, 6) is 1.57. The molecule has 3 heterocycles. The molecule has 1 aliphatic rings. The number of fused-ring (bicyclic) bond motifs is 1. The van der Waals surface area contributed by atoms with Crippen LogP contribution in [-0.2, 0) is 24.4 Å². The smallest absolute Gasteiger partial charge is 0.191 e. The second kappa shape index (κ2) is 9.69. The van der Waals surface area contributed by atoms with Gasteiger partial charge in [0, 0.05) is 39.4 Å². The number of benzene rings is 1. The average molecular weight is 408 g/mol. The summed E-state index contributed by atoms with van der Waals surface area (Å²) in [6, 6.07) is 14.6. The van der Waals surface area contributed by atoms with Crippen LogP contribution >= 0.6 is 0 Å². The van der Waals surface area contributed by atoms with Crippen LogP contribution in [0.4, 0.5) is 0 Å². The van der Waals surface area contributed by atoms with Gasteiger partial charge in [-0.1, -0.05) is 30.3 Å². The van der Waals surface area contributed by atoms with Crippen molar-refractivity contribution in [2.24, 2.45) is 4.99 Å². The summed E-state index contributed by atoms with van der Waals surface area (Å²) in [5, 5.41) is 15.1. The van der Waals surface area contributed by atoms with Crippen molar-refractivity contribution in [2.45, 2.75) is 32.7 Å². The fourth-order valence-electron chi connectivity index (χ4n) is 3.71. The van der Waals surface area contributed by atoms with Crippen molar-refractivity contribution in [3.8, 4) is 0 Å². The average Bonchev–Trinajstić information content (AvgIpc) is 3.17. The molecule has 0 bridgehead atoms. The molecule has 158 valence electrons. The highest BCUT2D eigenvalue weighted by molar-refractivity contribution is 5.79. The maximum atomic E-state index is 5.64. The first-order valence-corrected chi connectivity index (χ1v) is 10.4. The number of ether oxygens (including phenoxy) is 1. The molecule has 30 heavy (non-hydrogen) atoms. The first-order valence-electron chi connectivity index (χ1n) is 10.4. The molecule has 0 amide bonds. The summed E-state index contributed by atoms with van der Waals surface area (Å²) < 4.78 is 7.61. The summed E-state index contributed by atoms with van der Waals surface area (Å²) in [6.07, 6.45) is 2.27. The van der Waals surface area contributed by atoms with Crippen LogP contribution in [0, 0.1) is 0 Å². The highest BCUT2D eigenvalue weighted by Crippen LogP contribution is 2.12. The monoisotopic (exact) mass is 407 g/mol. The van der Waals surface area contributed by atoms with E-state index >= 15 is 0 Å². The van der Waals surface area contributed by atoms with E-state index in [1.807, 2.05) is 28.8 Å². The van der Waals surface area contributed by atoms with Gasteiger partial charge in [-0.15, -0.1) is 10.2 Å². The molecule has 1 aromatic carbocycles. The Kier molecular flexibility index (Phi) is 6.56. The molecule has 8 heteroatoms. The fourth-order valence-corrected chi connectivity index (χ4v) is 3.71. The second-order valence-corrected chi connectivity index (χ2v) is 7.56. The summed E-state index contributed by atoms with van der Waals surface area (Å²) in [7, 11) is 1.77. The van der Waals surface area contributed by atoms with Crippen LogP contribution < -0.4 is 10.6 Å². The lowest BCUT2D eigenvalue weighted by Crippen LogP contribution is -2.40. The van der Waals surface area contributed by atoms with Crippen molar-refractivity contribution in [3.63, 3.8) is 0 Å². The maximum Gasteiger partial charge on any atom is 0.191 e. The van der Waals surface area contributed by atoms with E-state index in [9.17, 15) is 0 Å². The quantitative estimate of drug-likeness (QED) is 0.479. The fraction of sp³-hybridized carbons (Fsp3) is 0.409. The number of morpholine rings is 1. The highest BCUT2D eigenvalue weighted by atomic mass is 16.5. The summed E-state index contributed by atoms with van der Waals surface area (Å²) in [4.78, 5) is 6.77. The summed E-state index contributed by atoms with van der Waals surface area (Å²) in [6.45, 7) is 7.11. The van der Waals surface area contributed by atoms with Crippen molar-refractivity contribution in [2.75, 3.05) is 26.7 Å². The number of nitrogens with zero attached hydrogens (tertiary/aromatic N) is 5. The van der Waals surface area contributed by atoms with Gasteiger partial charge < -0.3 is 15.4 Å². The van der Waals surface area contributed by atoms with E-state index in [4.69, 9.17) is 4.74 Å². The molecular weight excluding hydrogens is 378 g/mol. The number of hydrogen-bond acceptors (Lipinski definition) is 5.